The molecule has 35 heavy (non-hydrogen) atoms. The van der Waals surface area contributed by atoms with Crippen LogP contribution in [-0.4, -0.2) is 54.2 Å². The molecule has 6 nitrogen and oxygen atoms in total. The molecule has 0 saturated carbocycles. The molecule has 2 aliphatic rings. The molecule has 2 fully saturated rings. The van der Waals surface area contributed by atoms with Crippen LogP contribution in [0.2, 0.25) is 0 Å². The number of aryl methyl sites for hydroxylation is 1. The van der Waals surface area contributed by atoms with E-state index in [0.29, 0.717) is 11.6 Å². The Morgan fingerprint density at radius 3 is 2.80 bits per heavy atom. The second kappa shape index (κ2) is 10.5. The number of carbonyl (C=O) groups is 1. The summed E-state index contributed by atoms with van der Waals surface area (Å²) in [4.78, 5) is 18.0. The quantitative estimate of drug-likeness (QED) is 0.381. The van der Waals surface area contributed by atoms with Gasteiger partial charge in [0.05, 0.1) is 18.2 Å². The molecular weight excluding hydrogens is 456 g/mol. The Morgan fingerprint density at radius 2 is 2.06 bits per heavy atom. The van der Waals surface area contributed by atoms with E-state index in [1.54, 1.807) is 11.3 Å². The molecule has 184 valence electrons. The zero-order chi connectivity index (χ0) is 24.4. The number of rotatable bonds is 8. The van der Waals surface area contributed by atoms with Crippen LogP contribution in [0.25, 0.3) is 10.4 Å². The Kier molecular flexibility index (Phi) is 7.20. The summed E-state index contributed by atoms with van der Waals surface area (Å²) in [5.41, 5.74) is 4.91. The highest BCUT2D eigenvalue weighted by Crippen LogP contribution is 2.31. The second-order valence-electron chi connectivity index (χ2n) is 9.79. The number of aliphatic hydroxyl groups is 1. The lowest BCUT2D eigenvalue weighted by Gasteiger charge is -2.29. The molecule has 0 radical (unpaired) electrons. The number of thiophene rings is 1. The summed E-state index contributed by atoms with van der Waals surface area (Å²) in [6.07, 6.45) is 0.674. The van der Waals surface area contributed by atoms with Gasteiger partial charge in [-0.1, -0.05) is 24.3 Å². The van der Waals surface area contributed by atoms with E-state index in [-0.39, 0.29) is 18.1 Å². The Hall–Kier alpha value is -2.71. The molecule has 0 bridgehead atoms. The lowest BCUT2D eigenvalue weighted by molar-refractivity contribution is 0.0939. The van der Waals surface area contributed by atoms with Crippen molar-refractivity contribution in [1.29, 1.82) is 0 Å². The predicted octanol–water partition coefficient (Wildman–Crippen LogP) is 4.16. The summed E-state index contributed by atoms with van der Waals surface area (Å²) in [5, 5.41) is 19.7. The molecule has 1 amide bonds. The predicted molar refractivity (Wildman–Crippen MR) is 143 cm³/mol. The van der Waals surface area contributed by atoms with Crippen LogP contribution in [0.5, 0.6) is 0 Å². The summed E-state index contributed by atoms with van der Waals surface area (Å²) in [6.45, 7) is 8.52. The van der Waals surface area contributed by atoms with Crippen LogP contribution < -0.4 is 16.0 Å². The molecule has 2 aromatic carbocycles. The molecule has 2 saturated heterocycles. The van der Waals surface area contributed by atoms with E-state index in [9.17, 15) is 9.90 Å². The van der Waals surface area contributed by atoms with Crippen LogP contribution in [0, 0.1) is 6.92 Å². The maximum atomic E-state index is 13.1. The van der Waals surface area contributed by atoms with Crippen molar-refractivity contribution in [2.45, 2.75) is 45.0 Å². The van der Waals surface area contributed by atoms with Crippen molar-refractivity contribution >= 4 is 22.9 Å². The molecule has 2 atom stereocenters. The first-order valence-electron chi connectivity index (χ1n) is 12.4. The highest BCUT2D eigenvalue weighted by Gasteiger charge is 2.21. The van der Waals surface area contributed by atoms with E-state index in [2.05, 4.69) is 57.2 Å². The van der Waals surface area contributed by atoms with E-state index < -0.39 is 0 Å². The molecular formula is C28H34N4O2S. The van der Waals surface area contributed by atoms with Crippen molar-refractivity contribution in [3.8, 4) is 10.4 Å². The molecule has 0 unspecified atom stereocenters. The minimum absolute atomic E-state index is 0.0537. The van der Waals surface area contributed by atoms with E-state index in [1.165, 1.54) is 9.75 Å². The minimum Gasteiger partial charge on any atom is -0.392 e. The summed E-state index contributed by atoms with van der Waals surface area (Å²) in [5.74, 6) is -0.0537. The van der Waals surface area contributed by atoms with E-state index in [1.807, 2.05) is 32.0 Å². The Balaban J connectivity index is 1.25. The van der Waals surface area contributed by atoms with Crippen LogP contribution in [0.1, 0.15) is 45.7 Å². The van der Waals surface area contributed by atoms with E-state index >= 15 is 0 Å². The third kappa shape index (κ3) is 5.76. The normalized spacial score (nSPS) is 19.3. The van der Waals surface area contributed by atoms with Crippen molar-refractivity contribution in [3.63, 3.8) is 0 Å². The Labute approximate surface area is 211 Å². The maximum absolute atomic E-state index is 13.1. The zero-order valence-electron chi connectivity index (χ0n) is 20.4. The SMILES string of the molecule is Cc1ccc(NC2CNC2)cc1C(=O)N[C@H](C)c1cccc(-c2ccc(CN3CC[C@H](O)C3)s2)c1. The summed E-state index contributed by atoms with van der Waals surface area (Å²) >= 11 is 1.80. The van der Waals surface area contributed by atoms with Crippen molar-refractivity contribution in [2.75, 3.05) is 31.5 Å². The molecule has 1 aromatic heterocycles. The van der Waals surface area contributed by atoms with Gasteiger partial charge < -0.3 is 21.1 Å². The smallest absolute Gasteiger partial charge is 0.252 e. The molecule has 5 rings (SSSR count). The fraction of sp³-hybridized carbons (Fsp3) is 0.393. The number of hydrogen-bond acceptors (Lipinski definition) is 6. The van der Waals surface area contributed by atoms with Gasteiger partial charge in [0.25, 0.3) is 5.91 Å². The van der Waals surface area contributed by atoms with E-state index in [4.69, 9.17) is 0 Å². The Bertz CT molecular complexity index is 1190. The number of amides is 1. The number of nitrogens with one attached hydrogen (secondary N) is 3. The number of aliphatic hydroxyl groups excluding tert-OH is 1. The molecule has 2 aliphatic heterocycles. The van der Waals surface area contributed by atoms with Crippen LogP contribution in [0.15, 0.2) is 54.6 Å². The van der Waals surface area contributed by atoms with Gasteiger partial charge in [0.15, 0.2) is 0 Å². The second-order valence-corrected chi connectivity index (χ2v) is 11.0. The minimum atomic E-state index is -0.189. The summed E-state index contributed by atoms with van der Waals surface area (Å²) in [7, 11) is 0. The van der Waals surface area contributed by atoms with Gasteiger partial charge in [-0.15, -0.1) is 11.3 Å². The highest BCUT2D eigenvalue weighted by atomic mass is 32.1. The first kappa shape index (κ1) is 24.0. The number of benzene rings is 2. The monoisotopic (exact) mass is 490 g/mol. The molecule has 0 spiro atoms. The van der Waals surface area contributed by atoms with Gasteiger partial charge in [0.1, 0.15) is 0 Å². The van der Waals surface area contributed by atoms with Gasteiger partial charge >= 0.3 is 0 Å². The number of hydrogen-bond donors (Lipinski definition) is 4. The van der Waals surface area contributed by atoms with Crippen LogP contribution in [0.3, 0.4) is 0 Å². The fourth-order valence-electron chi connectivity index (χ4n) is 4.70. The lowest BCUT2D eigenvalue weighted by Crippen LogP contribution is -2.51. The van der Waals surface area contributed by atoms with Gasteiger partial charge in [-0.25, -0.2) is 0 Å². The van der Waals surface area contributed by atoms with E-state index in [0.717, 1.165) is 61.5 Å². The number of nitrogens with zero attached hydrogens (tertiary/aromatic N) is 1. The van der Waals surface area contributed by atoms with Gasteiger partial charge in [0, 0.05) is 53.7 Å². The molecule has 3 aromatic rings. The molecule has 7 heteroatoms. The topological polar surface area (TPSA) is 76.6 Å². The first-order valence-corrected chi connectivity index (χ1v) is 13.2. The number of likely N-dealkylation sites (tertiary alicyclic amines) is 1. The highest BCUT2D eigenvalue weighted by molar-refractivity contribution is 7.15. The fourth-order valence-corrected chi connectivity index (χ4v) is 5.74. The lowest BCUT2D eigenvalue weighted by atomic mass is 10.0. The number of β-amino-alcohol motifs (C(OH)–C–C–N with tert-alkyl or cyclic N) is 1. The Morgan fingerprint density at radius 1 is 1.20 bits per heavy atom. The summed E-state index contributed by atoms with van der Waals surface area (Å²) in [6, 6.07) is 19.1. The third-order valence-electron chi connectivity index (χ3n) is 6.94. The van der Waals surface area contributed by atoms with Gasteiger partial charge in [-0.05, 0) is 67.3 Å². The van der Waals surface area contributed by atoms with Gasteiger partial charge in [0.2, 0.25) is 0 Å². The summed E-state index contributed by atoms with van der Waals surface area (Å²) < 4.78 is 0. The van der Waals surface area contributed by atoms with Crippen LogP contribution in [-0.2, 0) is 6.54 Å². The standard InChI is InChI=1S/C28H34N4O2S/c1-18-6-7-22(31-23-14-29-15-23)13-26(18)28(34)30-19(2)20-4-3-5-21(12-20)27-9-8-25(35-27)17-32-11-10-24(33)16-32/h3-9,12-13,19,23-24,29,31,33H,10-11,14-17H2,1-2H3,(H,30,34)/t19-,24+/m1/s1. The average molecular weight is 491 g/mol. The first-order chi connectivity index (χ1) is 16.9. The largest absolute Gasteiger partial charge is 0.392 e. The van der Waals surface area contributed by atoms with Crippen molar-refractivity contribution in [3.05, 3.63) is 76.2 Å². The number of anilines is 1. The van der Waals surface area contributed by atoms with Crippen LogP contribution >= 0.6 is 11.3 Å². The number of carbonyl (C=O) groups excluding carboxylic acids is 1. The third-order valence-corrected chi connectivity index (χ3v) is 8.06. The van der Waals surface area contributed by atoms with Gasteiger partial charge in [-0.3, -0.25) is 9.69 Å². The van der Waals surface area contributed by atoms with Crippen molar-refractivity contribution < 1.29 is 9.90 Å². The average Bonchev–Trinajstić information content (AvgIpc) is 3.46. The molecule has 0 aliphatic carbocycles. The zero-order valence-corrected chi connectivity index (χ0v) is 21.2. The maximum Gasteiger partial charge on any atom is 0.252 e. The van der Waals surface area contributed by atoms with Crippen molar-refractivity contribution in [2.24, 2.45) is 0 Å². The molecule has 3 heterocycles. The molecule has 4 N–H and O–H groups in total. The van der Waals surface area contributed by atoms with Gasteiger partial charge in [-0.2, -0.15) is 0 Å². The van der Waals surface area contributed by atoms with Crippen molar-refractivity contribution in [1.82, 2.24) is 15.5 Å². The van der Waals surface area contributed by atoms with Crippen LogP contribution in [0.4, 0.5) is 5.69 Å².